The van der Waals surface area contributed by atoms with Crippen LogP contribution < -0.4 is 5.32 Å². The van der Waals surface area contributed by atoms with Crippen molar-refractivity contribution in [1.29, 1.82) is 0 Å². The first-order valence-corrected chi connectivity index (χ1v) is 4.94. The third kappa shape index (κ3) is 2.45. The predicted octanol–water partition coefficient (Wildman–Crippen LogP) is 2.97. The van der Waals surface area contributed by atoms with E-state index < -0.39 is 0 Å². The van der Waals surface area contributed by atoms with Crippen LogP contribution in [0.15, 0.2) is 18.2 Å². The maximum atomic E-state index is 6.04. The molecule has 0 saturated carbocycles. The molecule has 0 fully saturated rings. The van der Waals surface area contributed by atoms with E-state index in [4.69, 9.17) is 11.6 Å². The fourth-order valence-corrected chi connectivity index (χ4v) is 1.76. The molecule has 72 valence electrons. The minimum atomic E-state index is 0.517. The molecule has 0 amide bonds. The van der Waals surface area contributed by atoms with Gasteiger partial charge in [-0.25, -0.2) is 0 Å². The number of likely N-dealkylation sites (N-methyl/N-ethyl adjacent to an activating group) is 1. The molecule has 0 radical (unpaired) electrons. The molecule has 1 atom stereocenters. The highest BCUT2D eigenvalue weighted by Gasteiger charge is 2.08. The zero-order chi connectivity index (χ0) is 9.84. The van der Waals surface area contributed by atoms with Crippen LogP contribution in [0.25, 0.3) is 0 Å². The fraction of sp³-hybridized carbons (Fsp3) is 0.455. The second-order valence-electron chi connectivity index (χ2n) is 3.41. The van der Waals surface area contributed by atoms with E-state index in [9.17, 15) is 0 Å². The fourth-order valence-electron chi connectivity index (χ4n) is 1.57. The predicted molar refractivity (Wildman–Crippen MR) is 58.5 cm³/mol. The van der Waals surface area contributed by atoms with E-state index in [1.54, 1.807) is 0 Å². The molecule has 1 aromatic carbocycles. The highest BCUT2D eigenvalue weighted by molar-refractivity contribution is 6.31. The normalized spacial score (nSPS) is 12.9. The summed E-state index contributed by atoms with van der Waals surface area (Å²) in [7, 11) is 1.97. The smallest absolute Gasteiger partial charge is 0.0438 e. The second kappa shape index (κ2) is 4.64. The molecule has 1 rings (SSSR count). The van der Waals surface area contributed by atoms with Crippen molar-refractivity contribution in [1.82, 2.24) is 5.32 Å². The Bertz CT molecular complexity index is 283. The number of benzene rings is 1. The second-order valence-corrected chi connectivity index (χ2v) is 3.82. The van der Waals surface area contributed by atoms with Crippen LogP contribution in [-0.2, 0) is 0 Å². The summed E-state index contributed by atoms with van der Waals surface area (Å²) in [5.74, 6) is 0.517. The van der Waals surface area contributed by atoms with Gasteiger partial charge in [0.2, 0.25) is 0 Å². The van der Waals surface area contributed by atoms with Gasteiger partial charge in [-0.3, -0.25) is 0 Å². The van der Waals surface area contributed by atoms with Crippen LogP contribution in [0, 0.1) is 6.92 Å². The van der Waals surface area contributed by atoms with E-state index in [1.165, 1.54) is 11.1 Å². The summed E-state index contributed by atoms with van der Waals surface area (Å²) < 4.78 is 0. The Hall–Kier alpha value is -0.530. The lowest BCUT2D eigenvalue weighted by atomic mass is 9.96. The van der Waals surface area contributed by atoms with E-state index in [1.807, 2.05) is 19.2 Å². The number of hydrogen-bond acceptors (Lipinski definition) is 1. The molecule has 1 N–H and O–H groups in total. The number of nitrogens with one attached hydrogen (secondary N) is 1. The van der Waals surface area contributed by atoms with Crippen LogP contribution >= 0.6 is 11.6 Å². The van der Waals surface area contributed by atoms with E-state index >= 15 is 0 Å². The van der Waals surface area contributed by atoms with Crippen LogP contribution in [0.1, 0.15) is 24.0 Å². The molecular formula is C11H16ClN. The number of hydrogen-bond donors (Lipinski definition) is 1. The first-order valence-electron chi connectivity index (χ1n) is 4.56. The highest BCUT2D eigenvalue weighted by atomic mass is 35.5. The number of halogens is 1. The number of rotatable bonds is 3. The van der Waals surface area contributed by atoms with Gasteiger partial charge in [-0.15, -0.1) is 0 Å². The third-order valence-electron chi connectivity index (χ3n) is 2.35. The first kappa shape index (κ1) is 10.6. The Morgan fingerprint density at radius 3 is 2.77 bits per heavy atom. The van der Waals surface area contributed by atoms with Crippen molar-refractivity contribution in [2.24, 2.45) is 0 Å². The maximum Gasteiger partial charge on any atom is 0.0438 e. The molecule has 0 aliphatic heterocycles. The van der Waals surface area contributed by atoms with Gasteiger partial charge in [0, 0.05) is 11.6 Å². The molecular weight excluding hydrogens is 182 g/mol. The minimum Gasteiger partial charge on any atom is -0.319 e. The van der Waals surface area contributed by atoms with E-state index in [0.29, 0.717) is 5.92 Å². The monoisotopic (exact) mass is 197 g/mol. The van der Waals surface area contributed by atoms with Gasteiger partial charge in [0.05, 0.1) is 0 Å². The molecule has 0 bridgehead atoms. The Morgan fingerprint density at radius 1 is 1.46 bits per heavy atom. The Kier molecular flexibility index (Phi) is 3.76. The molecule has 0 aromatic heterocycles. The largest absolute Gasteiger partial charge is 0.319 e. The summed E-state index contributed by atoms with van der Waals surface area (Å²) in [6.07, 6.45) is 0. The molecule has 0 heterocycles. The molecule has 1 nitrogen and oxygen atoms in total. The lowest BCUT2D eigenvalue weighted by Gasteiger charge is -2.14. The minimum absolute atomic E-state index is 0.517. The van der Waals surface area contributed by atoms with Crippen molar-refractivity contribution in [3.63, 3.8) is 0 Å². The summed E-state index contributed by atoms with van der Waals surface area (Å²) in [6, 6.07) is 6.09. The quantitative estimate of drug-likeness (QED) is 0.786. The summed E-state index contributed by atoms with van der Waals surface area (Å²) in [5.41, 5.74) is 2.54. The standard InChI is InChI=1S/C11H16ClN/c1-8(7-13-3)10-5-4-6-11(12)9(10)2/h4-6,8,13H,7H2,1-3H3. The van der Waals surface area contributed by atoms with Crippen LogP contribution in [0.2, 0.25) is 5.02 Å². The average Bonchev–Trinajstić information content (AvgIpc) is 2.10. The SMILES string of the molecule is CNCC(C)c1cccc(Cl)c1C. The van der Waals surface area contributed by atoms with Gasteiger partial charge in [-0.2, -0.15) is 0 Å². The zero-order valence-corrected chi connectivity index (χ0v) is 9.15. The third-order valence-corrected chi connectivity index (χ3v) is 2.76. The van der Waals surface area contributed by atoms with Crippen molar-refractivity contribution in [3.05, 3.63) is 34.3 Å². The van der Waals surface area contributed by atoms with E-state index in [2.05, 4.69) is 25.2 Å². The summed E-state index contributed by atoms with van der Waals surface area (Å²) >= 11 is 6.04. The molecule has 0 aliphatic carbocycles. The summed E-state index contributed by atoms with van der Waals surface area (Å²) in [4.78, 5) is 0. The van der Waals surface area contributed by atoms with Crippen molar-refractivity contribution in [3.8, 4) is 0 Å². The molecule has 2 heteroatoms. The van der Waals surface area contributed by atoms with Crippen molar-refractivity contribution in [2.45, 2.75) is 19.8 Å². The van der Waals surface area contributed by atoms with Gasteiger partial charge in [0.25, 0.3) is 0 Å². The highest BCUT2D eigenvalue weighted by Crippen LogP contribution is 2.24. The van der Waals surface area contributed by atoms with Gasteiger partial charge >= 0.3 is 0 Å². The van der Waals surface area contributed by atoms with Crippen molar-refractivity contribution in [2.75, 3.05) is 13.6 Å². The van der Waals surface area contributed by atoms with Crippen LogP contribution in [0.5, 0.6) is 0 Å². The van der Waals surface area contributed by atoms with Gasteiger partial charge in [-0.05, 0) is 37.1 Å². The van der Waals surface area contributed by atoms with Gasteiger partial charge in [-0.1, -0.05) is 30.7 Å². The average molecular weight is 198 g/mol. The molecule has 13 heavy (non-hydrogen) atoms. The first-order chi connectivity index (χ1) is 6.16. The molecule has 1 aromatic rings. The Morgan fingerprint density at radius 2 is 2.15 bits per heavy atom. The van der Waals surface area contributed by atoms with Gasteiger partial charge < -0.3 is 5.32 Å². The maximum absolute atomic E-state index is 6.04. The van der Waals surface area contributed by atoms with Gasteiger partial charge in [0.15, 0.2) is 0 Å². The van der Waals surface area contributed by atoms with Crippen LogP contribution in [0.4, 0.5) is 0 Å². The molecule has 0 saturated heterocycles. The molecule has 1 unspecified atom stereocenters. The lowest BCUT2D eigenvalue weighted by molar-refractivity contribution is 0.674. The zero-order valence-electron chi connectivity index (χ0n) is 8.39. The van der Waals surface area contributed by atoms with E-state index in [-0.39, 0.29) is 0 Å². The Labute approximate surface area is 85.1 Å². The van der Waals surface area contributed by atoms with Crippen LogP contribution in [0.3, 0.4) is 0 Å². The molecule has 0 spiro atoms. The van der Waals surface area contributed by atoms with Gasteiger partial charge in [0.1, 0.15) is 0 Å². The lowest BCUT2D eigenvalue weighted by Crippen LogP contribution is -2.15. The van der Waals surface area contributed by atoms with Crippen molar-refractivity contribution < 1.29 is 0 Å². The van der Waals surface area contributed by atoms with Crippen molar-refractivity contribution >= 4 is 11.6 Å². The summed E-state index contributed by atoms with van der Waals surface area (Å²) in [5, 5.41) is 4.03. The topological polar surface area (TPSA) is 12.0 Å². The van der Waals surface area contributed by atoms with E-state index in [0.717, 1.165) is 11.6 Å². The Balaban J connectivity index is 2.93. The molecule has 0 aliphatic rings. The van der Waals surface area contributed by atoms with Crippen LogP contribution in [-0.4, -0.2) is 13.6 Å². The summed E-state index contributed by atoms with van der Waals surface area (Å²) in [6.45, 7) is 5.26.